The van der Waals surface area contributed by atoms with Gasteiger partial charge in [-0.2, -0.15) is 9.97 Å². The normalized spacial score (nSPS) is 23.8. The Morgan fingerprint density at radius 1 is 0.975 bits per heavy atom. The molecular weight excluding hydrogens is 510 g/mol. The summed E-state index contributed by atoms with van der Waals surface area (Å²) in [5.41, 5.74) is 0.903. The smallest absolute Gasteiger partial charge is 0.319 e. The summed E-state index contributed by atoms with van der Waals surface area (Å²) >= 11 is 0. The van der Waals surface area contributed by atoms with Crippen LogP contribution >= 0.6 is 0 Å². The molecule has 2 aromatic heterocycles. The van der Waals surface area contributed by atoms with E-state index in [0.717, 1.165) is 57.2 Å². The second kappa shape index (κ2) is 9.31. The molecule has 2 bridgehead atoms. The van der Waals surface area contributed by atoms with Gasteiger partial charge in [-0.15, -0.1) is 0 Å². The van der Waals surface area contributed by atoms with Crippen molar-refractivity contribution in [1.82, 2.24) is 25.2 Å². The zero-order valence-electron chi connectivity index (χ0n) is 22.4. The molecule has 206 valence electrons. The molecule has 4 aliphatic rings. The molecule has 4 aliphatic heterocycles. The molecule has 0 spiro atoms. The third kappa shape index (κ3) is 3.93. The van der Waals surface area contributed by atoms with E-state index in [9.17, 15) is 4.39 Å². The van der Waals surface area contributed by atoms with Gasteiger partial charge in [0.05, 0.1) is 10.9 Å². The minimum atomic E-state index is -0.539. The molecule has 9 heteroatoms. The molecular formula is C31H32F2N6O. The predicted molar refractivity (Wildman–Crippen MR) is 151 cm³/mol. The average molecular weight is 543 g/mol. The number of ether oxygens (including phenoxy) is 1. The monoisotopic (exact) mass is 542 g/mol. The molecule has 4 aromatic rings. The summed E-state index contributed by atoms with van der Waals surface area (Å²) in [4.78, 5) is 18.9. The van der Waals surface area contributed by atoms with Crippen LogP contribution in [0.1, 0.15) is 38.5 Å². The van der Waals surface area contributed by atoms with Gasteiger partial charge in [-0.25, -0.2) is 8.78 Å². The lowest BCUT2D eigenvalue weighted by Crippen LogP contribution is -2.51. The zero-order valence-corrected chi connectivity index (χ0v) is 22.4. The molecule has 40 heavy (non-hydrogen) atoms. The Morgan fingerprint density at radius 3 is 2.58 bits per heavy atom. The second-order valence-corrected chi connectivity index (χ2v) is 11.9. The molecule has 1 N–H and O–H groups in total. The largest absolute Gasteiger partial charge is 0.461 e. The summed E-state index contributed by atoms with van der Waals surface area (Å²) in [5.74, 6) is -0.239. The summed E-state index contributed by atoms with van der Waals surface area (Å²) in [7, 11) is 0. The van der Waals surface area contributed by atoms with Crippen LogP contribution in [-0.2, 0) is 0 Å². The minimum absolute atomic E-state index is 0.0294. The number of fused-ring (bicyclic) bond motifs is 5. The second-order valence-electron chi connectivity index (χ2n) is 11.9. The van der Waals surface area contributed by atoms with Crippen molar-refractivity contribution in [1.29, 1.82) is 0 Å². The van der Waals surface area contributed by atoms with E-state index in [2.05, 4.69) is 25.1 Å². The first-order valence-electron chi connectivity index (χ1n) is 14.5. The van der Waals surface area contributed by atoms with E-state index in [0.29, 0.717) is 40.8 Å². The standard InChI is InChI=1S/C31H32F2N6O/c32-20-7-6-19-4-1-5-23(24(19)14-20)27-26(33)28-25(15-34-27)29(38-16-21-8-9-22(17-38)35-21)37-30(36-28)40-18-31-10-2-12-39(31)13-3-11-31/h1,4-7,14-15,21-22,35H,2-3,8-13,16-18H2. The van der Waals surface area contributed by atoms with E-state index in [1.165, 1.54) is 25.0 Å². The Kier molecular flexibility index (Phi) is 5.67. The first kappa shape index (κ1) is 24.4. The fourth-order valence-corrected chi connectivity index (χ4v) is 7.60. The van der Waals surface area contributed by atoms with E-state index >= 15 is 4.39 Å². The van der Waals surface area contributed by atoms with Crippen molar-refractivity contribution in [2.45, 2.75) is 56.1 Å². The third-order valence-electron chi connectivity index (χ3n) is 9.54. The van der Waals surface area contributed by atoms with E-state index in [-0.39, 0.29) is 28.6 Å². The molecule has 0 radical (unpaired) electrons. The highest BCUT2D eigenvalue weighted by Crippen LogP contribution is 2.40. The van der Waals surface area contributed by atoms with Crippen LogP contribution in [0.25, 0.3) is 32.9 Å². The van der Waals surface area contributed by atoms with Gasteiger partial charge in [-0.3, -0.25) is 9.88 Å². The highest BCUT2D eigenvalue weighted by atomic mass is 19.1. The molecule has 8 rings (SSSR count). The Balaban J connectivity index is 1.25. The van der Waals surface area contributed by atoms with E-state index in [1.54, 1.807) is 18.3 Å². The van der Waals surface area contributed by atoms with Gasteiger partial charge >= 0.3 is 6.01 Å². The highest BCUT2D eigenvalue weighted by Gasteiger charge is 2.45. The molecule has 6 heterocycles. The molecule has 2 aromatic carbocycles. The van der Waals surface area contributed by atoms with Crippen LogP contribution in [-0.4, -0.2) is 70.3 Å². The maximum Gasteiger partial charge on any atom is 0.319 e. The molecule has 4 saturated heterocycles. The van der Waals surface area contributed by atoms with Gasteiger partial charge < -0.3 is 15.0 Å². The van der Waals surface area contributed by atoms with Crippen LogP contribution in [0.5, 0.6) is 6.01 Å². The first-order valence-corrected chi connectivity index (χ1v) is 14.5. The Bertz CT molecular complexity index is 1610. The number of rotatable bonds is 5. The van der Waals surface area contributed by atoms with E-state index < -0.39 is 5.82 Å². The van der Waals surface area contributed by atoms with Crippen molar-refractivity contribution in [2.24, 2.45) is 0 Å². The predicted octanol–water partition coefficient (Wildman–Crippen LogP) is 5.07. The number of piperazine rings is 1. The van der Waals surface area contributed by atoms with Crippen molar-refractivity contribution in [3.63, 3.8) is 0 Å². The number of nitrogens with one attached hydrogen (secondary N) is 1. The van der Waals surface area contributed by atoms with Crippen LogP contribution in [0.15, 0.2) is 42.6 Å². The maximum atomic E-state index is 16.5. The molecule has 0 saturated carbocycles. The van der Waals surface area contributed by atoms with E-state index in [4.69, 9.17) is 9.72 Å². The Labute approximate surface area is 231 Å². The minimum Gasteiger partial charge on any atom is -0.461 e. The summed E-state index contributed by atoms with van der Waals surface area (Å²) in [6.45, 7) is 4.31. The number of aromatic nitrogens is 3. The highest BCUT2D eigenvalue weighted by molar-refractivity contribution is 5.99. The van der Waals surface area contributed by atoms with Crippen molar-refractivity contribution in [2.75, 3.05) is 37.7 Å². The maximum absolute atomic E-state index is 16.5. The van der Waals surface area contributed by atoms with Gasteiger partial charge in [0.25, 0.3) is 0 Å². The van der Waals surface area contributed by atoms with Crippen molar-refractivity contribution in [3.8, 4) is 17.3 Å². The Morgan fingerprint density at radius 2 is 1.77 bits per heavy atom. The summed E-state index contributed by atoms with van der Waals surface area (Å²) < 4.78 is 37.0. The molecule has 7 nitrogen and oxygen atoms in total. The van der Waals surface area contributed by atoms with Gasteiger partial charge in [0.2, 0.25) is 0 Å². The zero-order chi connectivity index (χ0) is 26.8. The molecule has 0 aliphatic carbocycles. The quantitative estimate of drug-likeness (QED) is 0.378. The van der Waals surface area contributed by atoms with Crippen LogP contribution in [0.3, 0.4) is 0 Å². The third-order valence-corrected chi connectivity index (χ3v) is 9.54. The van der Waals surface area contributed by atoms with Crippen LogP contribution in [0.4, 0.5) is 14.6 Å². The number of pyridine rings is 1. The summed E-state index contributed by atoms with van der Waals surface area (Å²) in [6.07, 6.45) is 8.48. The number of nitrogens with zero attached hydrogens (tertiary/aromatic N) is 5. The van der Waals surface area contributed by atoms with Gasteiger partial charge in [0.1, 0.15) is 29.5 Å². The fourth-order valence-electron chi connectivity index (χ4n) is 7.60. The molecule has 2 atom stereocenters. The number of benzene rings is 2. The number of anilines is 1. The summed E-state index contributed by atoms with van der Waals surface area (Å²) in [6, 6.07) is 11.0. The number of hydrogen-bond acceptors (Lipinski definition) is 7. The lowest BCUT2D eigenvalue weighted by Gasteiger charge is -2.34. The lowest BCUT2D eigenvalue weighted by atomic mass is 9.95. The van der Waals surface area contributed by atoms with Gasteiger partial charge in [0, 0.05) is 36.9 Å². The number of hydrogen-bond donors (Lipinski definition) is 1. The van der Waals surface area contributed by atoms with Crippen molar-refractivity contribution >= 4 is 27.5 Å². The van der Waals surface area contributed by atoms with Crippen LogP contribution in [0.2, 0.25) is 0 Å². The Hall–Kier alpha value is -3.43. The van der Waals surface area contributed by atoms with Gasteiger partial charge in [-0.1, -0.05) is 24.3 Å². The van der Waals surface area contributed by atoms with E-state index in [1.807, 2.05) is 12.1 Å². The van der Waals surface area contributed by atoms with Crippen LogP contribution in [0, 0.1) is 11.6 Å². The SMILES string of the molecule is Fc1ccc2cccc(-c3ncc4c(N5CC6CCC(C5)N6)nc(OCC56CCCN5CCC6)nc4c3F)c2c1. The molecule has 4 fully saturated rings. The molecule has 2 unspecified atom stereocenters. The average Bonchev–Trinajstić information content (AvgIpc) is 3.65. The molecule has 0 amide bonds. The summed E-state index contributed by atoms with van der Waals surface area (Å²) in [5, 5.41) is 5.66. The number of halogens is 2. The topological polar surface area (TPSA) is 66.4 Å². The van der Waals surface area contributed by atoms with Crippen molar-refractivity contribution < 1.29 is 13.5 Å². The first-order chi connectivity index (χ1) is 19.6. The van der Waals surface area contributed by atoms with Crippen LogP contribution < -0.4 is 15.0 Å². The van der Waals surface area contributed by atoms with Gasteiger partial charge in [0.15, 0.2) is 5.82 Å². The van der Waals surface area contributed by atoms with Gasteiger partial charge in [-0.05, 0) is 74.5 Å². The van der Waals surface area contributed by atoms with Crippen molar-refractivity contribution in [3.05, 3.63) is 54.2 Å². The fraction of sp³-hybridized carbons (Fsp3) is 0.452. The lowest BCUT2D eigenvalue weighted by molar-refractivity contribution is 0.108.